The quantitative estimate of drug-likeness (QED) is 0.213. The summed E-state index contributed by atoms with van der Waals surface area (Å²) in [6.07, 6.45) is 1.34. The van der Waals surface area contributed by atoms with Gasteiger partial charge in [-0.2, -0.15) is 0 Å². The van der Waals surface area contributed by atoms with Crippen molar-refractivity contribution < 1.29 is 38.7 Å². The van der Waals surface area contributed by atoms with E-state index in [1.54, 1.807) is 12.1 Å². The molecule has 0 radical (unpaired) electrons. The van der Waals surface area contributed by atoms with Gasteiger partial charge in [-0.1, -0.05) is 17.7 Å². The predicted molar refractivity (Wildman–Crippen MR) is 166 cm³/mol. The zero-order valence-electron chi connectivity index (χ0n) is 26.1. The van der Waals surface area contributed by atoms with Crippen molar-refractivity contribution in [2.75, 3.05) is 27.5 Å². The van der Waals surface area contributed by atoms with E-state index >= 15 is 0 Å². The molecule has 13 heteroatoms. The summed E-state index contributed by atoms with van der Waals surface area (Å²) in [5.74, 6) is 0.826. The van der Waals surface area contributed by atoms with Crippen molar-refractivity contribution in [3.63, 3.8) is 0 Å². The molecule has 2 aromatic carbocycles. The number of halogens is 1. The minimum Gasteiger partial charge on any atom is -0.504 e. The minimum absolute atomic E-state index is 0.0309. The van der Waals surface area contributed by atoms with Crippen molar-refractivity contribution in [3.8, 4) is 28.7 Å². The van der Waals surface area contributed by atoms with Gasteiger partial charge in [0.2, 0.25) is 6.79 Å². The number of aromatic nitrogens is 1. The van der Waals surface area contributed by atoms with Crippen LogP contribution in [0.4, 0.5) is 0 Å². The summed E-state index contributed by atoms with van der Waals surface area (Å²) in [5, 5.41) is 26.9. The summed E-state index contributed by atoms with van der Waals surface area (Å²) in [4.78, 5) is 34.0. The third-order valence-electron chi connectivity index (χ3n) is 9.80. The van der Waals surface area contributed by atoms with Crippen LogP contribution in [0.1, 0.15) is 62.7 Å². The van der Waals surface area contributed by atoms with Crippen LogP contribution in [0.2, 0.25) is 5.15 Å². The van der Waals surface area contributed by atoms with Crippen LogP contribution in [0.5, 0.6) is 28.7 Å². The Morgan fingerprint density at radius 2 is 1.91 bits per heavy atom. The van der Waals surface area contributed by atoms with Crippen molar-refractivity contribution in [2.24, 2.45) is 0 Å². The molecule has 5 heterocycles. The Morgan fingerprint density at radius 1 is 1.15 bits per heavy atom. The number of aromatic hydroxyl groups is 1. The number of carbonyl (C=O) groups excluding carboxylic acids is 2. The van der Waals surface area contributed by atoms with Gasteiger partial charge >= 0.3 is 5.97 Å². The lowest BCUT2D eigenvalue weighted by molar-refractivity contribution is -0.171. The fourth-order valence-electron chi connectivity index (χ4n) is 7.96. The van der Waals surface area contributed by atoms with E-state index in [-0.39, 0.29) is 41.9 Å². The first-order valence-electron chi connectivity index (χ1n) is 15.1. The first-order valence-corrected chi connectivity index (χ1v) is 15.5. The Labute approximate surface area is 270 Å². The second-order valence-corrected chi connectivity index (χ2v) is 12.6. The number of ether oxygens (including phenoxy) is 4. The topological polar surface area (TPSA) is 143 Å². The molecule has 0 aliphatic carbocycles. The first-order chi connectivity index (χ1) is 22.0. The zero-order chi connectivity index (χ0) is 32.6. The number of aliphatic hydroxyl groups is 1. The zero-order valence-corrected chi connectivity index (χ0v) is 26.8. The SMILES string of the molecule is COc1c(C)cc2c(c1O)C1C3Cc4c(OC(C)=O)c(C)c5c(c4[C@H](CNC(=O)c4cccnc4Cl)N3[C@@H](O)C(C2)N1C)OCO5. The lowest BCUT2D eigenvalue weighted by atomic mass is 9.73. The van der Waals surface area contributed by atoms with Gasteiger partial charge in [0, 0.05) is 48.0 Å². The molecule has 1 saturated heterocycles. The molecule has 7 rings (SSSR count). The normalized spacial score (nSPS) is 24.5. The van der Waals surface area contributed by atoms with Crippen LogP contribution in [0, 0.1) is 13.8 Å². The third-order valence-corrected chi connectivity index (χ3v) is 10.1. The average molecular weight is 651 g/mol. The van der Waals surface area contributed by atoms with Crippen molar-refractivity contribution in [1.29, 1.82) is 0 Å². The number of fused-ring (bicyclic) bond motifs is 9. The number of carbonyl (C=O) groups is 2. The minimum atomic E-state index is -0.975. The van der Waals surface area contributed by atoms with Crippen LogP contribution < -0.4 is 24.3 Å². The van der Waals surface area contributed by atoms with Crippen molar-refractivity contribution in [3.05, 3.63) is 68.5 Å². The van der Waals surface area contributed by atoms with Crippen molar-refractivity contribution in [2.45, 2.75) is 64.0 Å². The fourth-order valence-corrected chi connectivity index (χ4v) is 8.17. The van der Waals surface area contributed by atoms with Gasteiger partial charge in [0.25, 0.3) is 5.91 Å². The molecule has 3 N–H and O–H groups in total. The largest absolute Gasteiger partial charge is 0.504 e. The van der Waals surface area contributed by atoms with E-state index in [2.05, 4.69) is 15.2 Å². The van der Waals surface area contributed by atoms with Crippen LogP contribution in [0.3, 0.4) is 0 Å². The number of phenolic OH excluding ortho intramolecular Hbond substituents is 1. The van der Waals surface area contributed by atoms with Crippen LogP contribution >= 0.6 is 11.6 Å². The van der Waals surface area contributed by atoms with Crippen molar-refractivity contribution >= 4 is 23.5 Å². The number of phenols is 1. The molecule has 1 fully saturated rings. The van der Waals surface area contributed by atoms with Gasteiger partial charge in [-0.05, 0) is 57.0 Å². The summed E-state index contributed by atoms with van der Waals surface area (Å²) in [6.45, 7) is 5.05. The highest BCUT2D eigenvalue weighted by atomic mass is 35.5. The van der Waals surface area contributed by atoms with E-state index in [0.29, 0.717) is 52.5 Å². The number of nitrogens with one attached hydrogen (secondary N) is 1. The Bertz CT molecular complexity index is 1780. The maximum atomic E-state index is 13.4. The maximum Gasteiger partial charge on any atom is 0.308 e. The van der Waals surface area contributed by atoms with E-state index in [9.17, 15) is 19.8 Å². The molecule has 4 aliphatic heterocycles. The molecule has 1 amide bonds. The predicted octanol–water partition coefficient (Wildman–Crippen LogP) is 3.35. The highest BCUT2D eigenvalue weighted by Gasteiger charge is 2.56. The van der Waals surface area contributed by atoms with Gasteiger partial charge in [0.15, 0.2) is 23.0 Å². The molecular formula is C33H35ClN4O8. The summed E-state index contributed by atoms with van der Waals surface area (Å²) in [5.41, 5.74) is 4.67. The average Bonchev–Trinajstić information content (AvgIpc) is 3.51. The molecule has 4 aliphatic rings. The highest BCUT2D eigenvalue weighted by molar-refractivity contribution is 6.32. The summed E-state index contributed by atoms with van der Waals surface area (Å²) < 4.78 is 23.4. The number of nitrogens with zero attached hydrogens (tertiary/aromatic N) is 3. The monoisotopic (exact) mass is 650 g/mol. The van der Waals surface area contributed by atoms with Gasteiger partial charge < -0.3 is 34.5 Å². The second-order valence-electron chi connectivity index (χ2n) is 12.2. The molecule has 3 unspecified atom stereocenters. The van der Waals surface area contributed by atoms with E-state index < -0.39 is 30.2 Å². The number of hydrogen-bond acceptors (Lipinski definition) is 11. The van der Waals surface area contributed by atoms with Gasteiger partial charge in [-0.15, -0.1) is 0 Å². The number of aryl methyl sites for hydroxylation is 1. The Kier molecular flexibility index (Phi) is 7.51. The molecule has 5 atom stereocenters. The van der Waals surface area contributed by atoms with Crippen LogP contribution in [0.15, 0.2) is 24.4 Å². The van der Waals surface area contributed by atoms with E-state index in [0.717, 1.165) is 16.7 Å². The number of rotatable bonds is 5. The summed E-state index contributed by atoms with van der Waals surface area (Å²) in [7, 11) is 3.47. The number of methoxy groups -OCH3 is 1. The highest BCUT2D eigenvalue weighted by Crippen LogP contribution is 2.58. The molecule has 3 aromatic rings. The van der Waals surface area contributed by atoms with Crippen molar-refractivity contribution in [1.82, 2.24) is 20.1 Å². The van der Waals surface area contributed by atoms with E-state index in [4.69, 9.17) is 30.5 Å². The maximum absolute atomic E-state index is 13.4. The molecule has 12 nitrogen and oxygen atoms in total. The number of esters is 1. The second kappa shape index (κ2) is 11.3. The number of hydrogen-bond donors (Lipinski definition) is 3. The number of likely N-dealkylation sites (N-methyl/N-ethyl adjacent to an activating group) is 1. The summed E-state index contributed by atoms with van der Waals surface area (Å²) >= 11 is 6.25. The summed E-state index contributed by atoms with van der Waals surface area (Å²) in [6, 6.07) is 3.43. The first kappa shape index (κ1) is 30.5. The molecule has 0 spiro atoms. The number of piperazine rings is 1. The number of benzene rings is 2. The van der Waals surface area contributed by atoms with E-state index in [1.807, 2.05) is 31.9 Å². The number of pyridine rings is 1. The fraction of sp³-hybridized carbons (Fsp3) is 0.424. The smallest absolute Gasteiger partial charge is 0.308 e. The number of amides is 1. The Hall–Kier alpha value is -4.10. The van der Waals surface area contributed by atoms with Crippen LogP contribution in [-0.2, 0) is 17.6 Å². The molecule has 1 aromatic heterocycles. The van der Waals surface area contributed by atoms with Gasteiger partial charge in [0.05, 0.1) is 30.8 Å². The molecule has 0 saturated carbocycles. The molecular weight excluding hydrogens is 616 g/mol. The molecule has 242 valence electrons. The van der Waals surface area contributed by atoms with Gasteiger partial charge in [-0.3, -0.25) is 19.4 Å². The van der Waals surface area contributed by atoms with Gasteiger partial charge in [0.1, 0.15) is 17.1 Å². The number of aliphatic hydroxyl groups excluding tert-OH is 1. The van der Waals surface area contributed by atoms with E-state index in [1.165, 1.54) is 20.2 Å². The third kappa shape index (κ3) is 4.49. The Balaban J connectivity index is 1.42. The van der Waals surface area contributed by atoms with Gasteiger partial charge in [-0.25, -0.2) is 4.98 Å². The van der Waals surface area contributed by atoms with Crippen LogP contribution in [-0.4, -0.2) is 82.7 Å². The molecule has 2 bridgehead atoms. The molecule has 46 heavy (non-hydrogen) atoms. The standard InChI is InChI=1S/C33H35ClN4O8/c1-14-9-17-10-21-33(42)38-20(25(37(21)4)23(17)26(40)27(14)43-5)11-19-24(22(38)12-36-32(41)18-7-6-8-35-31(18)34)30-29(44-13-45-30)15(2)28(19)46-16(3)39/h6-9,20-22,25,33,40,42H,10-13H2,1-5H3,(H,36,41)/t20?,21?,22-,25?,33-/m0/s1. The van der Waals surface area contributed by atoms with Crippen LogP contribution in [0.25, 0.3) is 0 Å². The lowest BCUT2D eigenvalue weighted by Crippen LogP contribution is -2.69. The Morgan fingerprint density at radius 3 is 2.63 bits per heavy atom. The lowest BCUT2D eigenvalue weighted by Gasteiger charge is -2.60.